The highest BCUT2D eigenvalue weighted by atomic mass is 16.5. The molecular weight excluding hydrogens is 344 g/mol. The normalized spacial score (nSPS) is 25.4. The highest BCUT2D eigenvalue weighted by Crippen LogP contribution is 2.37. The van der Waals surface area contributed by atoms with Gasteiger partial charge in [0.15, 0.2) is 6.10 Å². The average molecular weight is 366 g/mol. The lowest BCUT2D eigenvalue weighted by molar-refractivity contribution is -0.196. The first-order chi connectivity index (χ1) is 13.2. The third-order valence-electron chi connectivity index (χ3n) is 5.57. The Morgan fingerprint density at radius 2 is 2.04 bits per heavy atom. The Kier molecular flexibility index (Phi) is 4.01. The number of fused-ring (bicyclic) bond motifs is 1. The van der Waals surface area contributed by atoms with Gasteiger partial charge >= 0.3 is 0 Å². The molecule has 6 heteroatoms. The van der Waals surface area contributed by atoms with E-state index < -0.39 is 6.10 Å². The number of ether oxygens (including phenoxy) is 3. The van der Waals surface area contributed by atoms with Gasteiger partial charge in [0.1, 0.15) is 17.5 Å². The number of hydrogen-bond donors (Lipinski definition) is 0. The summed E-state index contributed by atoms with van der Waals surface area (Å²) < 4.78 is 17.9. The summed E-state index contributed by atoms with van der Waals surface area (Å²) in [6.45, 7) is 1.85. The third kappa shape index (κ3) is 3.14. The molecule has 1 aromatic carbocycles. The fourth-order valence-corrected chi connectivity index (χ4v) is 4.22. The van der Waals surface area contributed by atoms with Crippen molar-refractivity contribution >= 4 is 5.91 Å². The van der Waals surface area contributed by atoms with Gasteiger partial charge in [-0.15, -0.1) is 0 Å². The largest absolute Gasteiger partial charge is 0.480 e. The molecule has 0 unspecified atom stereocenters. The Balaban J connectivity index is 1.18. The predicted octanol–water partition coefficient (Wildman–Crippen LogP) is 2.22. The van der Waals surface area contributed by atoms with Crippen LogP contribution in [0.25, 0.3) is 0 Å². The summed E-state index contributed by atoms with van der Waals surface area (Å²) >= 11 is 0. The second kappa shape index (κ2) is 6.53. The minimum absolute atomic E-state index is 0.0493. The molecule has 1 amide bonds. The van der Waals surface area contributed by atoms with Crippen molar-refractivity contribution in [1.29, 1.82) is 0 Å². The van der Waals surface area contributed by atoms with E-state index in [1.54, 1.807) is 6.20 Å². The zero-order valence-electron chi connectivity index (χ0n) is 15.0. The molecule has 3 aliphatic heterocycles. The van der Waals surface area contributed by atoms with E-state index in [4.69, 9.17) is 14.2 Å². The summed E-state index contributed by atoms with van der Waals surface area (Å²) in [6.07, 6.45) is 3.65. The van der Waals surface area contributed by atoms with Crippen LogP contribution in [0.15, 0.2) is 48.7 Å². The summed E-state index contributed by atoms with van der Waals surface area (Å²) in [5, 5.41) is 0. The number of hydrogen-bond acceptors (Lipinski definition) is 5. The molecule has 1 aromatic heterocycles. The number of amides is 1. The van der Waals surface area contributed by atoms with Gasteiger partial charge in [-0.2, -0.15) is 0 Å². The monoisotopic (exact) mass is 366 g/mol. The summed E-state index contributed by atoms with van der Waals surface area (Å²) in [6, 6.07) is 13.5. The molecule has 2 atom stereocenters. The van der Waals surface area contributed by atoms with E-state index in [-0.39, 0.29) is 17.6 Å². The van der Waals surface area contributed by atoms with Crippen molar-refractivity contribution in [2.24, 2.45) is 0 Å². The molecule has 5 rings (SSSR count). The molecular formula is C21H22N2O4. The van der Waals surface area contributed by atoms with Crippen molar-refractivity contribution in [3.63, 3.8) is 0 Å². The first-order valence-electron chi connectivity index (χ1n) is 9.46. The summed E-state index contributed by atoms with van der Waals surface area (Å²) in [5.41, 5.74) is 0.808. The van der Waals surface area contributed by atoms with E-state index in [2.05, 4.69) is 4.98 Å². The summed E-state index contributed by atoms with van der Waals surface area (Å²) in [5.74, 6) is 1.51. The number of nitrogens with zero attached hydrogens (tertiary/aromatic N) is 2. The number of likely N-dealkylation sites (tertiary alicyclic amines) is 1. The number of rotatable bonds is 3. The topological polar surface area (TPSA) is 60.9 Å². The maximum atomic E-state index is 12.8. The number of para-hydroxylation sites is 1. The van der Waals surface area contributed by atoms with E-state index >= 15 is 0 Å². The van der Waals surface area contributed by atoms with Crippen molar-refractivity contribution in [3.05, 3.63) is 54.2 Å². The lowest BCUT2D eigenvalue weighted by atomic mass is 9.84. The maximum Gasteiger partial charge on any atom is 0.264 e. The molecule has 0 bridgehead atoms. The minimum Gasteiger partial charge on any atom is -0.480 e. The molecule has 140 valence electrons. The Hall–Kier alpha value is -2.60. The molecule has 0 saturated carbocycles. The molecule has 2 fully saturated rings. The number of carbonyl (C=O) groups excluding carboxylic acids is 1. The van der Waals surface area contributed by atoms with Crippen LogP contribution in [0.3, 0.4) is 0 Å². The molecule has 0 radical (unpaired) electrons. The molecule has 6 nitrogen and oxygen atoms in total. The van der Waals surface area contributed by atoms with E-state index in [9.17, 15) is 4.79 Å². The first-order valence-corrected chi connectivity index (χ1v) is 9.46. The van der Waals surface area contributed by atoms with Crippen LogP contribution < -0.4 is 9.47 Å². The van der Waals surface area contributed by atoms with E-state index in [1.807, 2.05) is 47.4 Å². The molecule has 2 saturated heterocycles. The van der Waals surface area contributed by atoms with Crippen LogP contribution >= 0.6 is 0 Å². The van der Waals surface area contributed by atoms with Crippen LogP contribution in [-0.2, 0) is 16.0 Å². The lowest BCUT2D eigenvalue weighted by Gasteiger charge is -2.53. The second-order valence-corrected chi connectivity index (χ2v) is 7.54. The minimum atomic E-state index is -0.413. The Labute approximate surface area is 158 Å². The molecule has 1 spiro atoms. The van der Waals surface area contributed by atoms with Gasteiger partial charge in [0.25, 0.3) is 5.91 Å². The van der Waals surface area contributed by atoms with Crippen molar-refractivity contribution < 1.29 is 19.0 Å². The van der Waals surface area contributed by atoms with Gasteiger partial charge in [-0.3, -0.25) is 4.79 Å². The van der Waals surface area contributed by atoms with Crippen molar-refractivity contribution in [1.82, 2.24) is 9.88 Å². The molecule has 27 heavy (non-hydrogen) atoms. The van der Waals surface area contributed by atoms with Crippen LogP contribution in [0.4, 0.5) is 0 Å². The Bertz CT molecular complexity index is 810. The van der Waals surface area contributed by atoms with Crippen LogP contribution in [-0.4, -0.2) is 53.3 Å². The van der Waals surface area contributed by atoms with Gasteiger partial charge in [-0.05, 0) is 17.7 Å². The standard InChI is InChI=1S/C21H22N2O4/c24-20(18-11-15-5-1-2-6-17(15)27-18)23-13-21(14-23)12-16(8-10-25-21)26-19-7-3-4-9-22-19/h1-7,9,16,18H,8,10-14H2/t16-,18+/m0/s1. The smallest absolute Gasteiger partial charge is 0.264 e. The fraction of sp³-hybridized carbons (Fsp3) is 0.429. The van der Waals surface area contributed by atoms with E-state index in [0.29, 0.717) is 32.0 Å². The van der Waals surface area contributed by atoms with Gasteiger partial charge in [-0.25, -0.2) is 4.98 Å². The molecule has 3 aliphatic rings. The second-order valence-electron chi connectivity index (χ2n) is 7.54. The molecule has 0 N–H and O–H groups in total. The highest BCUT2D eigenvalue weighted by molar-refractivity contribution is 5.83. The number of pyridine rings is 1. The van der Waals surface area contributed by atoms with Crippen molar-refractivity contribution in [2.45, 2.75) is 37.1 Å². The lowest BCUT2D eigenvalue weighted by Crippen LogP contribution is -2.69. The number of carbonyl (C=O) groups is 1. The molecule has 4 heterocycles. The highest BCUT2D eigenvalue weighted by Gasteiger charge is 2.51. The van der Waals surface area contributed by atoms with Gasteiger partial charge in [0.2, 0.25) is 5.88 Å². The van der Waals surface area contributed by atoms with Gasteiger partial charge in [0.05, 0.1) is 19.7 Å². The fourth-order valence-electron chi connectivity index (χ4n) is 4.22. The number of aromatic nitrogens is 1. The first kappa shape index (κ1) is 16.6. The predicted molar refractivity (Wildman–Crippen MR) is 97.7 cm³/mol. The Morgan fingerprint density at radius 1 is 1.19 bits per heavy atom. The van der Waals surface area contributed by atoms with Crippen LogP contribution in [0.5, 0.6) is 11.6 Å². The quantitative estimate of drug-likeness (QED) is 0.834. The molecule has 2 aromatic rings. The van der Waals surface area contributed by atoms with Gasteiger partial charge in [-0.1, -0.05) is 24.3 Å². The Morgan fingerprint density at radius 3 is 2.85 bits per heavy atom. The zero-order valence-corrected chi connectivity index (χ0v) is 15.0. The van der Waals surface area contributed by atoms with Crippen molar-refractivity contribution in [3.8, 4) is 11.6 Å². The van der Waals surface area contributed by atoms with Crippen molar-refractivity contribution in [2.75, 3.05) is 19.7 Å². The van der Waals surface area contributed by atoms with E-state index in [0.717, 1.165) is 24.2 Å². The van der Waals surface area contributed by atoms with Crippen LogP contribution in [0.2, 0.25) is 0 Å². The summed E-state index contributed by atoms with van der Waals surface area (Å²) in [7, 11) is 0. The van der Waals surface area contributed by atoms with Crippen LogP contribution in [0, 0.1) is 0 Å². The summed E-state index contributed by atoms with van der Waals surface area (Å²) in [4.78, 5) is 18.9. The maximum absolute atomic E-state index is 12.8. The zero-order chi connectivity index (χ0) is 18.3. The SMILES string of the molecule is O=C([C@H]1Cc2ccccc2O1)N1CC2(C[C@@H](Oc3ccccn3)CCO2)C1. The van der Waals surface area contributed by atoms with E-state index in [1.165, 1.54) is 0 Å². The average Bonchev–Trinajstić information content (AvgIpc) is 3.11. The van der Waals surface area contributed by atoms with Crippen LogP contribution in [0.1, 0.15) is 18.4 Å². The number of benzene rings is 1. The third-order valence-corrected chi connectivity index (χ3v) is 5.57. The van der Waals surface area contributed by atoms with Gasteiger partial charge in [0, 0.05) is 31.5 Å². The van der Waals surface area contributed by atoms with Gasteiger partial charge < -0.3 is 19.1 Å². The molecule has 0 aliphatic carbocycles.